The smallest absolute Gasteiger partial charge is 0.251 e. The number of nitrogens with zero attached hydrogens (tertiary/aromatic N) is 2. The third-order valence-corrected chi connectivity index (χ3v) is 7.43. The Labute approximate surface area is 186 Å². The van der Waals surface area contributed by atoms with Crippen LogP contribution in [0.25, 0.3) is 0 Å². The van der Waals surface area contributed by atoms with Crippen LogP contribution in [0.1, 0.15) is 35.5 Å². The van der Waals surface area contributed by atoms with E-state index in [0.29, 0.717) is 17.9 Å². The molecule has 0 bridgehead atoms. The topological polar surface area (TPSA) is 88.6 Å². The van der Waals surface area contributed by atoms with Crippen LogP contribution in [0.15, 0.2) is 64.3 Å². The Bertz CT molecular complexity index is 1110. The van der Waals surface area contributed by atoms with Gasteiger partial charge in [-0.05, 0) is 49.7 Å². The zero-order valence-corrected chi connectivity index (χ0v) is 19.2. The molecule has 1 amide bonds. The van der Waals surface area contributed by atoms with Crippen LogP contribution in [0, 0.1) is 0 Å². The van der Waals surface area contributed by atoms with Crippen LogP contribution in [0.2, 0.25) is 0 Å². The summed E-state index contributed by atoms with van der Waals surface area (Å²) in [5.41, 5.74) is 3.86. The van der Waals surface area contributed by atoms with E-state index in [1.165, 1.54) is 15.6 Å². The molecule has 0 saturated carbocycles. The Kier molecular flexibility index (Phi) is 7.42. The summed E-state index contributed by atoms with van der Waals surface area (Å²) in [5, 5.41) is 4.76. The zero-order valence-electron chi connectivity index (χ0n) is 17.6. The molecule has 0 aliphatic rings. The maximum Gasteiger partial charge on any atom is 0.251 e. The maximum atomic E-state index is 12.5. The molecule has 7 nitrogen and oxygen atoms in total. The second-order valence-electron chi connectivity index (χ2n) is 7.24. The van der Waals surface area contributed by atoms with Gasteiger partial charge >= 0.3 is 0 Å². The second kappa shape index (κ2) is 10.0. The van der Waals surface area contributed by atoms with Crippen LogP contribution in [-0.4, -0.2) is 36.7 Å². The van der Waals surface area contributed by atoms with Crippen LogP contribution in [0.3, 0.4) is 0 Å². The third kappa shape index (κ3) is 5.90. The number of thiazole rings is 1. The van der Waals surface area contributed by atoms with E-state index in [1.807, 2.05) is 19.2 Å². The van der Waals surface area contributed by atoms with Gasteiger partial charge in [-0.1, -0.05) is 18.2 Å². The molecule has 0 spiro atoms. The Balaban J connectivity index is 1.59. The highest BCUT2D eigenvalue weighted by molar-refractivity contribution is 7.89. The first-order chi connectivity index (χ1) is 14.8. The molecule has 1 heterocycles. The van der Waals surface area contributed by atoms with Gasteiger partial charge in [0, 0.05) is 30.6 Å². The Morgan fingerprint density at radius 3 is 2.58 bits per heavy atom. The van der Waals surface area contributed by atoms with E-state index in [4.69, 9.17) is 4.74 Å². The molecule has 164 valence electrons. The Morgan fingerprint density at radius 1 is 1.19 bits per heavy atom. The largest absolute Gasteiger partial charge is 0.487 e. The highest BCUT2D eigenvalue weighted by Gasteiger charge is 2.22. The summed E-state index contributed by atoms with van der Waals surface area (Å²) >= 11 is 1.50. The molecule has 0 aliphatic heterocycles. The molecular weight excluding hydrogens is 434 g/mol. The molecule has 0 unspecified atom stereocenters. The van der Waals surface area contributed by atoms with Gasteiger partial charge < -0.3 is 10.1 Å². The highest BCUT2D eigenvalue weighted by atomic mass is 32.2. The third-order valence-electron chi connectivity index (χ3n) is 4.75. The molecule has 0 atom stereocenters. The van der Waals surface area contributed by atoms with Gasteiger partial charge in [0.1, 0.15) is 12.4 Å². The van der Waals surface area contributed by atoms with E-state index in [-0.39, 0.29) is 23.4 Å². The fourth-order valence-corrected chi connectivity index (χ4v) is 4.61. The summed E-state index contributed by atoms with van der Waals surface area (Å²) in [7, 11) is -1.97. The lowest BCUT2D eigenvalue weighted by Crippen LogP contribution is -2.33. The molecule has 3 rings (SSSR count). The van der Waals surface area contributed by atoms with Crippen molar-refractivity contribution in [3.8, 4) is 5.75 Å². The van der Waals surface area contributed by atoms with Crippen LogP contribution < -0.4 is 10.1 Å². The quantitative estimate of drug-likeness (QED) is 0.527. The van der Waals surface area contributed by atoms with E-state index in [0.717, 1.165) is 11.3 Å². The van der Waals surface area contributed by atoms with Gasteiger partial charge in [0.2, 0.25) is 10.0 Å². The number of carbonyl (C=O) groups excluding carboxylic acids is 1. The monoisotopic (exact) mass is 459 g/mol. The number of aromatic nitrogens is 1. The van der Waals surface area contributed by atoms with Crippen molar-refractivity contribution in [3.05, 3.63) is 76.2 Å². The van der Waals surface area contributed by atoms with Crippen molar-refractivity contribution in [1.82, 2.24) is 14.6 Å². The van der Waals surface area contributed by atoms with Crippen LogP contribution in [0.4, 0.5) is 0 Å². The first-order valence-electron chi connectivity index (χ1n) is 9.72. The lowest BCUT2D eigenvalue weighted by Gasteiger charge is -2.21. The lowest BCUT2D eigenvalue weighted by atomic mass is 10.2. The molecule has 0 aliphatic carbocycles. The molecule has 1 aromatic heterocycles. The molecule has 0 radical (unpaired) electrons. The van der Waals surface area contributed by atoms with Crippen molar-refractivity contribution in [2.24, 2.45) is 0 Å². The van der Waals surface area contributed by atoms with Gasteiger partial charge in [-0.2, -0.15) is 4.31 Å². The molecule has 0 fully saturated rings. The Hall–Kier alpha value is -2.75. The normalized spacial score (nSPS) is 11.6. The number of hydrogen-bond donors (Lipinski definition) is 1. The van der Waals surface area contributed by atoms with E-state index in [1.54, 1.807) is 61.1 Å². The predicted molar refractivity (Wildman–Crippen MR) is 121 cm³/mol. The molecule has 3 aromatic rings. The number of carbonyl (C=O) groups is 1. The number of rotatable bonds is 9. The highest BCUT2D eigenvalue weighted by Crippen LogP contribution is 2.18. The summed E-state index contributed by atoms with van der Waals surface area (Å²) < 4.78 is 32.1. The maximum absolute atomic E-state index is 12.5. The SMILES string of the molecule is CC(C)N(C)S(=O)(=O)c1ccc(CNC(=O)c2cccc(OCc3cscn3)c2)cc1. The van der Waals surface area contributed by atoms with E-state index in [2.05, 4.69) is 10.3 Å². The fourth-order valence-electron chi connectivity index (χ4n) is 2.70. The summed E-state index contributed by atoms with van der Waals surface area (Å²) in [6.07, 6.45) is 0. The second-order valence-corrected chi connectivity index (χ2v) is 9.95. The minimum absolute atomic E-state index is 0.134. The summed E-state index contributed by atoms with van der Waals surface area (Å²) in [6, 6.07) is 13.3. The van der Waals surface area contributed by atoms with Crippen LogP contribution >= 0.6 is 11.3 Å². The van der Waals surface area contributed by atoms with Crippen molar-refractivity contribution in [3.63, 3.8) is 0 Å². The van der Waals surface area contributed by atoms with Crippen molar-refractivity contribution >= 4 is 27.3 Å². The van der Waals surface area contributed by atoms with Gasteiger partial charge in [0.25, 0.3) is 5.91 Å². The average molecular weight is 460 g/mol. The minimum atomic E-state index is -3.53. The van der Waals surface area contributed by atoms with Crippen molar-refractivity contribution in [2.75, 3.05) is 7.05 Å². The number of sulfonamides is 1. The van der Waals surface area contributed by atoms with Gasteiger partial charge in [-0.25, -0.2) is 13.4 Å². The number of benzene rings is 2. The molecule has 9 heteroatoms. The number of ether oxygens (including phenoxy) is 1. The first kappa shape index (κ1) is 22.9. The Morgan fingerprint density at radius 2 is 1.94 bits per heavy atom. The minimum Gasteiger partial charge on any atom is -0.487 e. The molecule has 0 saturated heterocycles. The number of hydrogen-bond acceptors (Lipinski definition) is 6. The van der Waals surface area contributed by atoms with Crippen LogP contribution in [0.5, 0.6) is 5.75 Å². The van der Waals surface area contributed by atoms with Gasteiger partial charge in [-0.3, -0.25) is 4.79 Å². The molecule has 2 aromatic carbocycles. The standard InChI is InChI=1S/C22H25N3O4S2/c1-16(2)25(3)31(27,28)21-9-7-17(8-10-21)12-23-22(26)18-5-4-6-20(11-18)29-13-19-14-30-15-24-19/h4-11,14-16H,12-13H2,1-3H3,(H,23,26). The van der Waals surface area contributed by atoms with Gasteiger partial charge in [-0.15, -0.1) is 11.3 Å². The van der Waals surface area contributed by atoms with E-state index in [9.17, 15) is 13.2 Å². The van der Waals surface area contributed by atoms with E-state index >= 15 is 0 Å². The molecule has 1 N–H and O–H groups in total. The number of nitrogens with one attached hydrogen (secondary N) is 1. The first-order valence-corrected chi connectivity index (χ1v) is 12.1. The summed E-state index contributed by atoms with van der Waals surface area (Å²) in [5.74, 6) is 0.347. The zero-order chi connectivity index (χ0) is 22.4. The average Bonchev–Trinajstić information content (AvgIpc) is 3.29. The predicted octanol–water partition coefficient (Wildman–Crippen LogP) is 3.68. The van der Waals surface area contributed by atoms with Crippen LogP contribution in [-0.2, 0) is 23.2 Å². The molecular formula is C22H25N3O4S2. The summed E-state index contributed by atoms with van der Waals surface area (Å²) in [4.78, 5) is 16.9. The number of amides is 1. The lowest BCUT2D eigenvalue weighted by molar-refractivity contribution is 0.0950. The fraction of sp³-hybridized carbons (Fsp3) is 0.273. The molecule has 31 heavy (non-hydrogen) atoms. The van der Waals surface area contributed by atoms with Crippen molar-refractivity contribution in [1.29, 1.82) is 0 Å². The summed E-state index contributed by atoms with van der Waals surface area (Å²) in [6.45, 7) is 4.26. The van der Waals surface area contributed by atoms with Crippen molar-refractivity contribution < 1.29 is 17.9 Å². The van der Waals surface area contributed by atoms with Crippen molar-refractivity contribution in [2.45, 2.75) is 37.9 Å². The van der Waals surface area contributed by atoms with E-state index < -0.39 is 10.0 Å². The van der Waals surface area contributed by atoms with Gasteiger partial charge in [0.05, 0.1) is 16.1 Å². The van der Waals surface area contributed by atoms with Gasteiger partial charge in [0.15, 0.2) is 0 Å².